The van der Waals surface area contributed by atoms with E-state index in [0.29, 0.717) is 28.2 Å². The highest BCUT2D eigenvalue weighted by atomic mass is 32.2. The van der Waals surface area contributed by atoms with Gasteiger partial charge in [-0.25, -0.2) is 4.79 Å². The maximum Gasteiger partial charge on any atom is 0.324 e. The number of ether oxygens (including phenoxy) is 1. The minimum Gasteiger partial charge on any atom is -0.465 e. The molecule has 0 spiro atoms. The summed E-state index contributed by atoms with van der Waals surface area (Å²) in [7, 11) is 0. The van der Waals surface area contributed by atoms with Crippen LogP contribution in [0.2, 0.25) is 0 Å². The minimum absolute atomic E-state index is 0.0538. The van der Waals surface area contributed by atoms with Crippen molar-refractivity contribution in [2.75, 3.05) is 17.7 Å². The van der Waals surface area contributed by atoms with Gasteiger partial charge in [-0.15, -0.1) is 10.2 Å². The Balaban J connectivity index is 1.57. The molecule has 2 aliphatic rings. The number of anilines is 1. The Hall–Kier alpha value is -1.35. The second-order valence-corrected chi connectivity index (χ2v) is 8.88. The SMILES string of the molecule is CCOC(=O)CSc1nnc(NC(=O)N(C2CCCC2)C2CCCC2)s1. The molecule has 1 aromatic heterocycles. The molecule has 7 nitrogen and oxygen atoms in total. The van der Waals surface area contributed by atoms with Crippen LogP contribution >= 0.6 is 23.1 Å². The van der Waals surface area contributed by atoms with E-state index in [4.69, 9.17) is 4.74 Å². The van der Waals surface area contributed by atoms with Crippen LogP contribution < -0.4 is 5.32 Å². The molecule has 2 aliphatic carbocycles. The minimum atomic E-state index is -0.271. The molecule has 144 valence electrons. The number of nitrogens with one attached hydrogen (secondary N) is 1. The maximum atomic E-state index is 12.9. The van der Waals surface area contributed by atoms with E-state index in [1.54, 1.807) is 6.92 Å². The van der Waals surface area contributed by atoms with Gasteiger partial charge < -0.3 is 9.64 Å². The number of rotatable bonds is 7. The first kappa shape index (κ1) is 19.4. The van der Waals surface area contributed by atoms with E-state index in [9.17, 15) is 9.59 Å². The fourth-order valence-corrected chi connectivity index (χ4v) is 5.33. The zero-order valence-corrected chi connectivity index (χ0v) is 16.7. The van der Waals surface area contributed by atoms with Crippen LogP contribution in [0.4, 0.5) is 9.93 Å². The lowest BCUT2D eigenvalue weighted by Crippen LogP contribution is -2.47. The molecule has 1 heterocycles. The van der Waals surface area contributed by atoms with E-state index in [1.165, 1.54) is 48.8 Å². The third-order valence-corrected chi connectivity index (χ3v) is 6.86. The molecule has 1 aromatic rings. The van der Waals surface area contributed by atoms with Gasteiger partial charge in [-0.3, -0.25) is 10.1 Å². The smallest absolute Gasteiger partial charge is 0.324 e. The normalized spacial score (nSPS) is 18.2. The summed E-state index contributed by atoms with van der Waals surface area (Å²) in [6, 6.07) is 0.647. The van der Waals surface area contributed by atoms with E-state index >= 15 is 0 Å². The molecule has 2 amide bonds. The topological polar surface area (TPSA) is 84.4 Å². The van der Waals surface area contributed by atoms with Crippen molar-refractivity contribution in [3.05, 3.63) is 0 Å². The fourth-order valence-electron chi connectivity index (χ4n) is 3.79. The first-order valence-corrected chi connectivity index (χ1v) is 11.2. The number of esters is 1. The van der Waals surface area contributed by atoms with Crippen LogP contribution in [0.15, 0.2) is 4.34 Å². The quantitative estimate of drug-likeness (QED) is 0.426. The number of urea groups is 1. The summed E-state index contributed by atoms with van der Waals surface area (Å²) < 4.78 is 5.55. The van der Waals surface area contributed by atoms with E-state index in [0.717, 1.165) is 25.7 Å². The molecule has 2 saturated carbocycles. The van der Waals surface area contributed by atoms with Crippen molar-refractivity contribution in [1.29, 1.82) is 0 Å². The van der Waals surface area contributed by atoms with Crippen LogP contribution in [0.5, 0.6) is 0 Å². The summed E-state index contributed by atoms with van der Waals surface area (Å²) in [5.41, 5.74) is 0. The van der Waals surface area contributed by atoms with Gasteiger partial charge in [0, 0.05) is 12.1 Å². The Bertz CT molecular complexity index is 597. The number of nitrogens with zero attached hydrogens (tertiary/aromatic N) is 3. The van der Waals surface area contributed by atoms with E-state index < -0.39 is 0 Å². The first-order valence-electron chi connectivity index (χ1n) is 9.38. The van der Waals surface area contributed by atoms with Gasteiger partial charge in [0.15, 0.2) is 4.34 Å². The van der Waals surface area contributed by atoms with Crippen LogP contribution in [0.1, 0.15) is 58.3 Å². The number of aromatic nitrogens is 2. The monoisotopic (exact) mass is 398 g/mol. The van der Waals surface area contributed by atoms with Crippen LogP contribution in [0.3, 0.4) is 0 Å². The second kappa shape index (κ2) is 9.55. The van der Waals surface area contributed by atoms with E-state index in [2.05, 4.69) is 20.4 Å². The van der Waals surface area contributed by atoms with Crippen molar-refractivity contribution in [3.63, 3.8) is 0 Å². The average Bonchev–Trinajstić information content (AvgIpc) is 3.37. The van der Waals surface area contributed by atoms with Gasteiger partial charge in [0.25, 0.3) is 0 Å². The molecule has 1 N–H and O–H groups in total. The molecular weight excluding hydrogens is 372 g/mol. The van der Waals surface area contributed by atoms with Crippen molar-refractivity contribution in [1.82, 2.24) is 15.1 Å². The number of hydrogen-bond donors (Lipinski definition) is 1. The van der Waals surface area contributed by atoms with Gasteiger partial charge >= 0.3 is 12.0 Å². The Morgan fingerprint density at radius 3 is 2.35 bits per heavy atom. The van der Waals surface area contributed by atoms with Crippen LogP contribution in [-0.2, 0) is 9.53 Å². The predicted octanol–water partition coefficient (Wildman–Crippen LogP) is 3.91. The number of thioether (sulfide) groups is 1. The Labute approximate surface area is 162 Å². The van der Waals surface area contributed by atoms with Crippen molar-refractivity contribution in [3.8, 4) is 0 Å². The zero-order chi connectivity index (χ0) is 18.4. The van der Waals surface area contributed by atoms with Crippen LogP contribution in [0, 0.1) is 0 Å². The van der Waals surface area contributed by atoms with Crippen molar-refractivity contribution in [2.24, 2.45) is 0 Å². The van der Waals surface area contributed by atoms with Gasteiger partial charge in [0.2, 0.25) is 5.13 Å². The molecule has 9 heteroatoms. The Morgan fingerprint density at radius 1 is 1.15 bits per heavy atom. The highest BCUT2D eigenvalue weighted by molar-refractivity contribution is 8.01. The third kappa shape index (κ3) is 5.09. The largest absolute Gasteiger partial charge is 0.465 e. The molecule has 26 heavy (non-hydrogen) atoms. The zero-order valence-electron chi connectivity index (χ0n) is 15.1. The maximum absolute atomic E-state index is 12.9. The molecule has 0 saturated heterocycles. The number of carbonyl (C=O) groups is 2. The third-order valence-electron chi connectivity index (χ3n) is 4.91. The molecule has 0 aromatic carbocycles. The molecule has 0 atom stereocenters. The molecular formula is C17H26N4O3S2. The molecule has 3 rings (SSSR count). The van der Waals surface area contributed by atoms with Gasteiger partial charge in [-0.1, -0.05) is 48.8 Å². The van der Waals surface area contributed by atoms with Crippen LogP contribution in [0.25, 0.3) is 0 Å². The van der Waals surface area contributed by atoms with E-state index in [-0.39, 0.29) is 17.8 Å². The van der Waals surface area contributed by atoms with Crippen LogP contribution in [-0.4, -0.2) is 51.5 Å². The summed E-state index contributed by atoms with van der Waals surface area (Å²) in [5, 5.41) is 11.5. The summed E-state index contributed by atoms with van der Waals surface area (Å²) in [6.07, 6.45) is 9.20. The molecule has 0 aliphatic heterocycles. The van der Waals surface area contributed by atoms with Gasteiger partial charge in [0.1, 0.15) is 0 Å². The lowest BCUT2D eigenvalue weighted by Gasteiger charge is -2.34. The van der Waals surface area contributed by atoms with Crippen molar-refractivity contribution in [2.45, 2.75) is 74.7 Å². The van der Waals surface area contributed by atoms with Gasteiger partial charge in [-0.2, -0.15) is 0 Å². The van der Waals surface area contributed by atoms with Crippen molar-refractivity contribution >= 4 is 40.2 Å². The lowest BCUT2D eigenvalue weighted by molar-refractivity contribution is -0.139. The van der Waals surface area contributed by atoms with Gasteiger partial charge in [0.05, 0.1) is 12.4 Å². The average molecular weight is 399 g/mol. The highest BCUT2D eigenvalue weighted by Gasteiger charge is 2.34. The Morgan fingerprint density at radius 2 is 1.77 bits per heavy atom. The second-order valence-electron chi connectivity index (χ2n) is 6.68. The fraction of sp³-hybridized carbons (Fsp3) is 0.765. The number of carbonyl (C=O) groups excluding carboxylic acids is 2. The summed E-state index contributed by atoms with van der Waals surface area (Å²) in [6.45, 7) is 2.15. The Kier molecular flexibility index (Phi) is 7.13. The predicted molar refractivity (Wildman–Crippen MR) is 103 cm³/mol. The van der Waals surface area contributed by atoms with Crippen molar-refractivity contribution < 1.29 is 14.3 Å². The molecule has 0 bridgehead atoms. The summed E-state index contributed by atoms with van der Waals surface area (Å²) in [4.78, 5) is 26.4. The molecule has 2 fully saturated rings. The molecule has 0 radical (unpaired) electrons. The summed E-state index contributed by atoms with van der Waals surface area (Å²) in [5.74, 6) is -0.0703. The van der Waals surface area contributed by atoms with E-state index in [1.807, 2.05) is 0 Å². The number of amides is 2. The summed E-state index contributed by atoms with van der Waals surface area (Å²) >= 11 is 2.58. The highest BCUT2D eigenvalue weighted by Crippen LogP contribution is 2.33. The first-order chi connectivity index (χ1) is 12.7. The standard InChI is InChI=1S/C17H26N4O3S2/c1-2-24-14(22)11-25-17-20-19-15(26-17)18-16(23)21(12-7-3-4-8-12)13-9-5-6-10-13/h12-13H,2-11H2,1H3,(H,18,19,23). The number of hydrogen-bond acceptors (Lipinski definition) is 7. The lowest BCUT2D eigenvalue weighted by atomic mass is 10.1. The molecule has 0 unspecified atom stereocenters. The van der Waals surface area contributed by atoms with Gasteiger partial charge in [-0.05, 0) is 32.6 Å².